The van der Waals surface area contributed by atoms with Gasteiger partial charge in [-0.15, -0.1) is 0 Å². The molecule has 0 radical (unpaired) electrons. The Morgan fingerprint density at radius 3 is 2.42 bits per heavy atom. The number of amides is 2. The van der Waals surface area contributed by atoms with Crippen molar-refractivity contribution in [2.24, 2.45) is 0 Å². The summed E-state index contributed by atoms with van der Waals surface area (Å²) < 4.78 is 6.98. The number of carbonyl (C=O) groups is 2. The third-order valence-electron chi connectivity index (χ3n) is 5.58. The van der Waals surface area contributed by atoms with Crippen molar-refractivity contribution in [1.29, 1.82) is 0 Å². The zero-order chi connectivity index (χ0) is 23.4. The van der Waals surface area contributed by atoms with Gasteiger partial charge in [0.25, 0.3) is 11.8 Å². The third kappa shape index (κ3) is 5.49. The van der Waals surface area contributed by atoms with Crippen LogP contribution in [0.4, 0.5) is 0 Å². The van der Waals surface area contributed by atoms with E-state index in [1.807, 2.05) is 54.6 Å². The van der Waals surface area contributed by atoms with Gasteiger partial charge in [0.2, 0.25) is 5.43 Å². The first-order valence-electron chi connectivity index (χ1n) is 10.9. The molecule has 0 saturated heterocycles. The summed E-state index contributed by atoms with van der Waals surface area (Å²) in [6.07, 6.45) is 4.89. The van der Waals surface area contributed by atoms with Crippen LogP contribution in [0.3, 0.4) is 0 Å². The Labute approximate surface area is 192 Å². The van der Waals surface area contributed by atoms with Gasteiger partial charge in [0.15, 0.2) is 0 Å². The number of hydrogen-bond donors (Lipinski definition) is 1. The van der Waals surface area contributed by atoms with E-state index in [4.69, 9.17) is 4.74 Å². The molecule has 0 aliphatic heterocycles. The molecular weight excluding hydrogens is 418 g/mol. The number of hydrogen-bond acceptors (Lipinski definition) is 4. The third-order valence-corrected chi connectivity index (χ3v) is 5.58. The van der Waals surface area contributed by atoms with Gasteiger partial charge in [-0.3, -0.25) is 14.4 Å². The quantitative estimate of drug-likeness (QED) is 0.578. The summed E-state index contributed by atoms with van der Waals surface area (Å²) in [5.41, 5.74) is 1.27. The smallest absolute Gasteiger partial charge is 0.259 e. The maximum Gasteiger partial charge on any atom is 0.259 e. The molecule has 0 atom stereocenters. The second-order valence-corrected chi connectivity index (χ2v) is 8.33. The number of ether oxygens (including phenoxy) is 1. The van der Waals surface area contributed by atoms with Crippen molar-refractivity contribution in [3.05, 3.63) is 99.5 Å². The number of methoxy groups -OCH3 is 1. The minimum atomic E-state index is -0.556. The molecule has 4 rings (SSSR count). The molecule has 7 heteroatoms. The second kappa shape index (κ2) is 9.73. The Balaban J connectivity index is 1.65. The van der Waals surface area contributed by atoms with Crippen molar-refractivity contribution in [1.82, 2.24) is 14.8 Å². The molecule has 7 nitrogen and oxygen atoms in total. The topological polar surface area (TPSA) is 80.6 Å². The largest absolute Gasteiger partial charge is 0.497 e. The number of rotatable bonds is 8. The summed E-state index contributed by atoms with van der Waals surface area (Å²) in [4.78, 5) is 40.7. The first kappa shape index (κ1) is 22.3. The van der Waals surface area contributed by atoms with Crippen LogP contribution in [0.1, 0.15) is 44.7 Å². The number of pyridine rings is 1. The minimum Gasteiger partial charge on any atom is -0.497 e. The fourth-order valence-electron chi connectivity index (χ4n) is 3.64. The van der Waals surface area contributed by atoms with E-state index < -0.39 is 17.2 Å². The van der Waals surface area contributed by atoms with Crippen LogP contribution in [0.15, 0.2) is 71.8 Å². The Kier molecular flexibility index (Phi) is 6.58. The van der Waals surface area contributed by atoms with Crippen molar-refractivity contribution in [3.63, 3.8) is 0 Å². The molecule has 1 aliphatic carbocycles. The van der Waals surface area contributed by atoms with Crippen LogP contribution in [-0.2, 0) is 13.1 Å². The standard InChI is InChI=1S/C26H27N3O4/c1-28(14-19-9-6-10-21(13-19)33-2)26(32)23-17-29(15-18-7-4-3-5-8-18)16-22(24(23)30)25(31)27-20-11-12-20/h3-10,13,16-17,20H,11-12,14-15H2,1-2H3,(H,27,31). The van der Waals surface area contributed by atoms with Crippen LogP contribution < -0.4 is 15.5 Å². The summed E-state index contributed by atoms with van der Waals surface area (Å²) in [5, 5.41) is 2.86. The van der Waals surface area contributed by atoms with E-state index in [-0.39, 0.29) is 17.2 Å². The molecule has 0 bridgehead atoms. The monoisotopic (exact) mass is 445 g/mol. The highest BCUT2D eigenvalue weighted by Gasteiger charge is 2.27. The summed E-state index contributed by atoms with van der Waals surface area (Å²) >= 11 is 0. The van der Waals surface area contributed by atoms with E-state index in [1.54, 1.807) is 18.7 Å². The summed E-state index contributed by atoms with van der Waals surface area (Å²) in [7, 11) is 3.22. The zero-order valence-corrected chi connectivity index (χ0v) is 18.8. The van der Waals surface area contributed by atoms with Gasteiger partial charge in [0.05, 0.1) is 7.11 Å². The molecule has 0 spiro atoms. The number of nitrogens with one attached hydrogen (secondary N) is 1. The molecule has 2 amide bonds. The van der Waals surface area contributed by atoms with E-state index >= 15 is 0 Å². The van der Waals surface area contributed by atoms with Crippen LogP contribution in [0, 0.1) is 0 Å². The number of nitrogens with zero attached hydrogens (tertiary/aromatic N) is 2. The fourth-order valence-corrected chi connectivity index (χ4v) is 3.64. The van der Waals surface area contributed by atoms with Crippen LogP contribution in [-0.4, -0.2) is 41.5 Å². The molecule has 1 aliphatic rings. The summed E-state index contributed by atoms with van der Waals surface area (Å²) in [6.45, 7) is 0.733. The SMILES string of the molecule is COc1cccc(CN(C)C(=O)c2cn(Cc3ccccc3)cc(C(=O)NC3CC3)c2=O)c1. The molecule has 1 saturated carbocycles. The van der Waals surface area contributed by atoms with Crippen molar-refractivity contribution in [3.8, 4) is 5.75 Å². The maximum atomic E-state index is 13.3. The molecule has 1 aromatic heterocycles. The van der Waals surface area contributed by atoms with E-state index in [0.717, 1.165) is 24.0 Å². The maximum absolute atomic E-state index is 13.3. The van der Waals surface area contributed by atoms with Crippen molar-refractivity contribution in [2.45, 2.75) is 32.0 Å². The number of aromatic nitrogens is 1. The van der Waals surface area contributed by atoms with E-state index in [2.05, 4.69) is 5.32 Å². The average Bonchev–Trinajstić information content (AvgIpc) is 3.64. The molecule has 170 valence electrons. The number of benzene rings is 2. The van der Waals surface area contributed by atoms with Crippen LogP contribution >= 0.6 is 0 Å². The second-order valence-electron chi connectivity index (χ2n) is 8.33. The molecular formula is C26H27N3O4. The molecule has 1 fully saturated rings. The van der Waals surface area contributed by atoms with Crippen molar-refractivity contribution < 1.29 is 14.3 Å². The van der Waals surface area contributed by atoms with Gasteiger partial charge < -0.3 is 19.5 Å². The van der Waals surface area contributed by atoms with Crippen LogP contribution in [0.5, 0.6) is 5.75 Å². The fraction of sp³-hybridized carbons (Fsp3) is 0.269. The zero-order valence-electron chi connectivity index (χ0n) is 18.8. The van der Waals surface area contributed by atoms with E-state index in [1.165, 1.54) is 17.3 Å². The molecule has 33 heavy (non-hydrogen) atoms. The Bertz CT molecular complexity index is 1220. The van der Waals surface area contributed by atoms with Crippen molar-refractivity contribution in [2.75, 3.05) is 14.2 Å². The van der Waals surface area contributed by atoms with Gasteiger partial charge in [-0.1, -0.05) is 42.5 Å². The van der Waals surface area contributed by atoms with Gasteiger partial charge in [-0.05, 0) is 36.1 Å². The first-order chi connectivity index (χ1) is 15.9. The summed E-state index contributed by atoms with van der Waals surface area (Å²) in [6, 6.07) is 17.2. The molecule has 1 N–H and O–H groups in total. The normalized spacial score (nSPS) is 12.8. The highest BCUT2D eigenvalue weighted by Crippen LogP contribution is 2.19. The Morgan fingerprint density at radius 1 is 1.03 bits per heavy atom. The van der Waals surface area contributed by atoms with Gasteiger partial charge in [0, 0.05) is 38.6 Å². The Hall–Kier alpha value is -3.87. The van der Waals surface area contributed by atoms with Crippen LogP contribution in [0.2, 0.25) is 0 Å². The Morgan fingerprint density at radius 2 is 1.73 bits per heavy atom. The van der Waals surface area contributed by atoms with E-state index in [9.17, 15) is 14.4 Å². The van der Waals surface area contributed by atoms with Gasteiger partial charge in [-0.2, -0.15) is 0 Å². The average molecular weight is 446 g/mol. The predicted molar refractivity (Wildman–Crippen MR) is 126 cm³/mol. The summed E-state index contributed by atoms with van der Waals surface area (Å²) in [5.74, 6) is -0.183. The van der Waals surface area contributed by atoms with Crippen LogP contribution in [0.25, 0.3) is 0 Å². The lowest BCUT2D eigenvalue weighted by molar-refractivity contribution is 0.0782. The lowest BCUT2D eigenvalue weighted by Gasteiger charge is -2.19. The molecule has 2 aromatic carbocycles. The highest BCUT2D eigenvalue weighted by atomic mass is 16.5. The molecule has 1 heterocycles. The van der Waals surface area contributed by atoms with Gasteiger partial charge >= 0.3 is 0 Å². The predicted octanol–water partition coefficient (Wildman–Crippen LogP) is 3.07. The van der Waals surface area contributed by atoms with Gasteiger partial charge in [0.1, 0.15) is 16.9 Å². The molecule has 3 aromatic rings. The van der Waals surface area contributed by atoms with E-state index in [0.29, 0.717) is 18.8 Å². The highest BCUT2D eigenvalue weighted by molar-refractivity contribution is 5.99. The van der Waals surface area contributed by atoms with Gasteiger partial charge in [-0.25, -0.2) is 0 Å². The number of carbonyl (C=O) groups excluding carboxylic acids is 2. The lowest BCUT2D eigenvalue weighted by atomic mass is 10.1. The first-order valence-corrected chi connectivity index (χ1v) is 10.9. The molecule has 0 unspecified atom stereocenters. The van der Waals surface area contributed by atoms with Crippen molar-refractivity contribution >= 4 is 11.8 Å². The minimum absolute atomic E-state index is 0.0153. The lowest BCUT2D eigenvalue weighted by Crippen LogP contribution is -2.36.